The number of hydrogen-bond donors (Lipinski definition) is 0. The fraction of sp³-hybridized carbons (Fsp3) is 0.0169. The number of fused-ring (bicyclic) bond motifs is 6. The molecule has 10 aromatic rings. The van der Waals surface area contributed by atoms with Gasteiger partial charge in [-0.2, -0.15) is 0 Å². The number of benzene rings is 8. The average molecular weight is 825 g/mol. The molecule has 4 heteroatoms. The van der Waals surface area contributed by atoms with E-state index >= 15 is 0 Å². The molecule has 1 atom stereocenters. The fourth-order valence-corrected chi connectivity index (χ4v) is 10.2. The Labute approximate surface area is 371 Å². The monoisotopic (exact) mass is 824 g/mol. The average Bonchev–Trinajstić information content (AvgIpc) is 3.92. The van der Waals surface area contributed by atoms with Gasteiger partial charge in [-0.15, -0.1) is 11.3 Å². The van der Waals surface area contributed by atoms with Crippen LogP contribution in [0.1, 0.15) is 11.5 Å². The molecule has 1 aliphatic carbocycles. The lowest BCUT2D eigenvalue weighted by Crippen LogP contribution is -2.10. The molecule has 0 spiro atoms. The molecule has 3 nitrogen and oxygen atoms in total. The molecule has 298 valence electrons. The summed E-state index contributed by atoms with van der Waals surface area (Å²) in [7, 11) is 0. The third-order valence-corrected chi connectivity index (χ3v) is 13.5. The van der Waals surface area contributed by atoms with Gasteiger partial charge >= 0.3 is 0 Å². The molecule has 0 amide bonds. The minimum absolute atomic E-state index is 0.172. The van der Waals surface area contributed by atoms with Gasteiger partial charge in [-0.3, -0.25) is 0 Å². The highest BCUT2D eigenvalue weighted by Crippen LogP contribution is 2.45. The lowest BCUT2D eigenvalue weighted by molar-refractivity contribution is 0.423. The Balaban J connectivity index is 0.906. The van der Waals surface area contributed by atoms with Crippen molar-refractivity contribution in [3.63, 3.8) is 0 Å². The molecule has 8 aromatic carbocycles. The molecule has 2 aliphatic rings. The quantitative estimate of drug-likeness (QED) is 0.152. The largest absolute Gasteiger partial charge is 0.455 e. The van der Waals surface area contributed by atoms with E-state index in [4.69, 9.17) is 4.74 Å². The Hall–Kier alpha value is -7.92. The van der Waals surface area contributed by atoms with Gasteiger partial charge in [0.2, 0.25) is 0 Å². The van der Waals surface area contributed by atoms with Gasteiger partial charge in [0, 0.05) is 49.1 Å². The second kappa shape index (κ2) is 15.5. The van der Waals surface area contributed by atoms with E-state index in [-0.39, 0.29) is 5.92 Å². The van der Waals surface area contributed by atoms with Crippen molar-refractivity contribution in [2.24, 2.45) is 0 Å². The molecule has 2 bridgehead atoms. The maximum Gasteiger partial charge on any atom is 0.155 e. The second-order valence-electron chi connectivity index (χ2n) is 16.1. The zero-order valence-corrected chi connectivity index (χ0v) is 35.1. The number of para-hydroxylation sites is 2. The topological polar surface area (TPSA) is 17.4 Å². The SMILES string of the molecule is C1=CC2=CC(C=C1)c1cccc(-n3c4ccccc4c4cc(-c5ccc(N(c6ccc(-c7ccccc7)cc6)c6ccc(-c7ccc(-c8ccccc8)s7)cc6)cc5)ccc43)c1O2. The first-order valence-corrected chi connectivity index (χ1v) is 22.3. The third kappa shape index (κ3) is 6.69. The maximum atomic E-state index is 6.60. The first kappa shape index (κ1) is 36.9. The second-order valence-corrected chi connectivity index (χ2v) is 17.2. The van der Waals surface area contributed by atoms with Gasteiger partial charge in [0.1, 0.15) is 5.76 Å². The first-order valence-electron chi connectivity index (χ1n) is 21.4. The molecule has 0 fully saturated rings. The minimum Gasteiger partial charge on any atom is -0.455 e. The summed E-state index contributed by atoms with van der Waals surface area (Å²) in [4.78, 5) is 4.88. The Morgan fingerprint density at radius 3 is 1.70 bits per heavy atom. The highest BCUT2D eigenvalue weighted by Gasteiger charge is 2.25. The normalized spacial score (nSPS) is 14.0. The molecule has 1 aliphatic heterocycles. The number of anilines is 3. The van der Waals surface area contributed by atoms with Crippen LogP contribution in [0.25, 0.3) is 70.6 Å². The van der Waals surface area contributed by atoms with Crippen molar-refractivity contribution in [2.45, 2.75) is 5.92 Å². The van der Waals surface area contributed by atoms with Crippen molar-refractivity contribution in [1.29, 1.82) is 0 Å². The van der Waals surface area contributed by atoms with Gasteiger partial charge in [0.05, 0.1) is 16.7 Å². The van der Waals surface area contributed by atoms with E-state index in [2.05, 4.69) is 240 Å². The fourth-order valence-electron chi connectivity index (χ4n) is 9.21. The van der Waals surface area contributed by atoms with E-state index < -0.39 is 0 Å². The van der Waals surface area contributed by atoms with Crippen molar-refractivity contribution in [3.05, 3.63) is 248 Å². The summed E-state index contributed by atoms with van der Waals surface area (Å²) in [5, 5.41) is 2.42. The Kier molecular flexibility index (Phi) is 9.09. The standard InChI is InChI=1S/C59H40N2OS/c1-3-12-40(13-4-1)41-22-29-47(30-23-41)60(49-33-26-44(27-34-49)58-37-36-57(63-58)43-14-5-2-6-15-43)48-31-24-42(25-32-48)45-28-35-55-53(39-45)52-18-9-10-20-54(52)61(55)56-21-11-19-51-46-16-7-8-17-50(38-46)62-59(51)56/h1-39,46H. The molecule has 12 rings (SSSR count). The van der Waals surface area contributed by atoms with Crippen molar-refractivity contribution >= 4 is 50.2 Å². The number of rotatable bonds is 8. The number of hydrogen-bond acceptors (Lipinski definition) is 3. The molecular weight excluding hydrogens is 785 g/mol. The third-order valence-electron chi connectivity index (χ3n) is 12.3. The Morgan fingerprint density at radius 1 is 0.444 bits per heavy atom. The van der Waals surface area contributed by atoms with Gasteiger partial charge in [0.15, 0.2) is 5.75 Å². The molecule has 3 heterocycles. The predicted molar refractivity (Wildman–Crippen MR) is 265 cm³/mol. The number of nitrogens with zero attached hydrogens (tertiary/aromatic N) is 2. The maximum absolute atomic E-state index is 6.60. The lowest BCUT2D eigenvalue weighted by atomic mass is 9.94. The van der Waals surface area contributed by atoms with E-state index in [9.17, 15) is 0 Å². The molecular formula is C59H40N2OS. The van der Waals surface area contributed by atoms with Crippen molar-refractivity contribution in [1.82, 2.24) is 4.57 Å². The summed E-state index contributed by atoms with van der Waals surface area (Å²) >= 11 is 1.83. The van der Waals surface area contributed by atoms with E-state index in [1.165, 1.54) is 53.9 Å². The van der Waals surface area contributed by atoms with Crippen molar-refractivity contribution in [2.75, 3.05) is 4.90 Å². The lowest BCUT2D eigenvalue weighted by Gasteiger charge is -2.26. The molecule has 1 unspecified atom stereocenters. The summed E-state index contributed by atoms with van der Waals surface area (Å²) in [6, 6.07) is 74.6. The van der Waals surface area contributed by atoms with E-state index in [1.54, 1.807) is 0 Å². The van der Waals surface area contributed by atoms with Crippen LogP contribution in [-0.2, 0) is 0 Å². The zero-order valence-electron chi connectivity index (χ0n) is 34.3. The first-order chi connectivity index (χ1) is 31.2. The molecule has 0 saturated heterocycles. The number of ether oxygens (including phenoxy) is 1. The Bertz CT molecular complexity index is 3390. The Morgan fingerprint density at radius 2 is 1.00 bits per heavy atom. The van der Waals surface area contributed by atoms with Crippen LogP contribution in [0, 0.1) is 0 Å². The van der Waals surface area contributed by atoms with Crippen LogP contribution >= 0.6 is 11.3 Å². The number of aromatic nitrogens is 1. The van der Waals surface area contributed by atoms with Gasteiger partial charge in [-0.25, -0.2) is 0 Å². The minimum atomic E-state index is 0.172. The van der Waals surface area contributed by atoms with E-state index in [1.807, 2.05) is 17.4 Å². The van der Waals surface area contributed by atoms with Crippen LogP contribution in [0.3, 0.4) is 0 Å². The van der Waals surface area contributed by atoms with Crippen molar-refractivity contribution in [3.8, 4) is 54.6 Å². The van der Waals surface area contributed by atoms with Crippen LogP contribution in [-0.4, -0.2) is 4.57 Å². The van der Waals surface area contributed by atoms with Crippen LogP contribution < -0.4 is 9.64 Å². The van der Waals surface area contributed by atoms with E-state index in [0.29, 0.717) is 0 Å². The molecule has 0 radical (unpaired) electrons. The van der Waals surface area contributed by atoms with Gasteiger partial charge in [-0.05, 0) is 118 Å². The van der Waals surface area contributed by atoms with E-state index in [0.717, 1.165) is 50.9 Å². The van der Waals surface area contributed by atoms with Crippen molar-refractivity contribution < 1.29 is 4.74 Å². The zero-order chi connectivity index (χ0) is 41.7. The molecule has 0 N–H and O–H groups in total. The summed E-state index contributed by atoms with van der Waals surface area (Å²) in [5.74, 6) is 1.97. The molecule has 2 aromatic heterocycles. The molecule has 63 heavy (non-hydrogen) atoms. The van der Waals surface area contributed by atoms with Crippen LogP contribution in [0.4, 0.5) is 17.1 Å². The van der Waals surface area contributed by atoms with Crippen LogP contribution in [0.5, 0.6) is 5.75 Å². The highest BCUT2D eigenvalue weighted by atomic mass is 32.1. The van der Waals surface area contributed by atoms with Gasteiger partial charge in [0.25, 0.3) is 0 Å². The summed E-state index contributed by atoms with van der Waals surface area (Å²) in [6.45, 7) is 0. The summed E-state index contributed by atoms with van der Waals surface area (Å²) in [6.07, 6.45) is 10.6. The number of allylic oxidation sites excluding steroid dienone is 5. The smallest absolute Gasteiger partial charge is 0.155 e. The summed E-state index contributed by atoms with van der Waals surface area (Å²) in [5.41, 5.74) is 15.0. The van der Waals surface area contributed by atoms with Crippen LogP contribution in [0.15, 0.2) is 242 Å². The summed E-state index contributed by atoms with van der Waals surface area (Å²) < 4.78 is 8.97. The predicted octanol–water partition coefficient (Wildman–Crippen LogP) is 16.5. The number of thiophene rings is 1. The van der Waals surface area contributed by atoms with Crippen LogP contribution in [0.2, 0.25) is 0 Å². The molecule has 0 saturated carbocycles. The van der Waals surface area contributed by atoms with Gasteiger partial charge in [-0.1, -0.05) is 152 Å². The highest BCUT2D eigenvalue weighted by molar-refractivity contribution is 7.18. The van der Waals surface area contributed by atoms with Gasteiger partial charge < -0.3 is 14.2 Å².